The zero-order valence-corrected chi connectivity index (χ0v) is 20.3. The standard InChI is InChI=1S/C26H33N3O3S/c1-26(2)18-29(17-25(30)28-14-5-6-15-28)24-13-12-20(16-22(24)26)33(31,32)27-23-11-7-9-19-8-3-4-10-21(19)23/h3-4,8,10,12-13,16,23,27H,5-7,9,11,14-15,17-18H2,1-2H3/t23-/m1/s1. The van der Waals surface area contributed by atoms with Crippen molar-refractivity contribution in [2.75, 3.05) is 31.1 Å². The van der Waals surface area contributed by atoms with Gasteiger partial charge >= 0.3 is 0 Å². The number of hydrogen-bond acceptors (Lipinski definition) is 4. The number of aryl methyl sites for hydroxylation is 1. The summed E-state index contributed by atoms with van der Waals surface area (Å²) in [5, 5.41) is 0. The average molecular weight is 468 g/mol. The second-order valence-corrected chi connectivity index (χ2v) is 12.0. The van der Waals surface area contributed by atoms with E-state index in [2.05, 4.69) is 29.5 Å². The van der Waals surface area contributed by atoms with Crippen LogP contribution in [0.2, 0.25) is 0 Å². The number of fused-ring (bicyclic) bond motifs is 2. The van der Waals surface area contributed by atoms with E-state index < -0.39 is 10.0 Å². The maximum Gasteiger partial charge on any atom is 0.242 e. The van der Waals surface area contributed by atoms with Crippen LogP contribution in [0.25, 0.3) is 0 Å². The molecule has 1 amide bonds. The molecule has 1 saturated heterocycles. The van der Waals surface area contributed by atoms with E-state index in [1.165, 1.54) is 5.56 Å². The maximum absolute atomic E-state index is 13.4. The SMILES string of the molecule is CC1(C)CN(CC(=O)N2CCCC2)c2ccc(S(=O)(=O)N[C@@H]3CCCc4ccccc43)cc21. The minimum absolute atomic E-state index is 0.158. The van der Waals surface area contributed by atoms with Gasteiger partial charge in [0.2, 0.25) is 15.9 Å². The molecule has 7 heteroatoms. The van der Waals surface area contributed by atoms with Gasteiger partial charge in [0.1, 0.15) is 0 Å². The Balaban J connectivity index is 1.39. The average Bonchev–Trinajstić information content (AvgIpc) is 3.41. The van der Waals surface area contributed by atoms with Crippen molar-refractivity contribution in [2.45, 2.75) is 62.3 Å². The second kappa shape index (κ2) is 8.44. The smallest absolute Gasteiger partial charge is 0.242 e. The van der Waals surface area contributed by atoms with Crippen LogP contribution in [0.1, 0.15) is 62.3 Å². The summed E-state index contributed by atoms with van der Waals surface area (Å²) < 4.78 is 29.7. The van der Waals surface area contributed by atoms with E-state index in [1.54, 1.807) is 6.07 Å². The lowest BCUT2D eigenvalue weighted by molar-refractivity contribution is -0.128. The third-order valence-electron chi connectivity index (χ3n) is 7.39. The Morgan fingerprint density at radius 2 is 1.85 bits per heavy atom. The summed E-state index contributed by atoms with van der Waals surface area (Å²) in [5.41, 5.74) is 4.03. The lowest BCUT2D eigenvalue weighted by Crippen LogP contribution is -2.40. The molecule has 0 aromatic heterocycles. The lowest BCUT2D eigenvalue weighted by Gasteiger charge is -2.26. The van der Waals surface area contributed by atoms with E-state index in [0.717, 1.165) is 62.0 Å². The van der Waals surface area contributed by atoms with Crippen LogP contribution in [-0.4, -0.2) is 45.4 Å². The Kier molecular flexibility index (Phi) is 5.73. The van der Waals surface area contributed by atoms with Crippen LogP contribution in [0.15, 0.2) is 47.4 Å². The number of amides is 1. The van der Waals surface area contributed by atoms with Crippen molar-refractivity contribution in [3.8, 4) is 0 Å². The molecule has 2 heterocycles. The van der Waals surface area contributed by atoms with E-state index in [4.69, 9.17) is 0 Å². The summed E-state index contributed by atoms with van der Waals surface area (Å²) in [6, 6.07) is 13.3. The van der Waals surface area contributed by atoms with E-state index in [-0.39, 0.29) is 17.4 Å². The normalized spacial score (nSPS) is 21.7. The first kappa shape index (κ1) is 22.4. The number of nitrogens with one attached hydrogen (secondary N) is 1. The Morgan fingerprint density at radius 1 is 1.09 bits per heavy atom. The van der Waals surface area contributed by atoms with Gasteiger partial charge in [0.25, 0.3) is 0 Å². The molecule has 0 radical (unpaired) electrons. The fourth-order valence-corrected chi connectivity index (χ4v) is 6.93. The predicted octanol–water partition coefficient (Wildman–Crippen LogP) is 3.76. The first-order valence-electron chi connectivity index (χ1n) is 12.0. The number of sulfonamides is 1. The number of carbonyl (C=O) groups excluding carboxylic acids is 1. The fourth-order valence-electron chi connectivity index (χ4n) is 5.65. The Hall–Kier alpha value is -2.38. The molecule has 2 aliphatic heterocycles. The van der Waals surface area contributed by atoms with Crippen LogP contribution in [0.5, 0.6) is 0 Å². The van der Waals surface area contributed by atoms with Crippen molar-refractivity contribution in [1.82, 2.24) is 9.62 Å². The summed E-state index contributed by atoms with van der Waals surface area (Å²) >= 11 is 0. The van der Waals surface area contributed by atoms with Crippen molar-refractivity contribution in [1.29, 1.82) is 0 Å². The molecule has 5 rings (SSSR count). The van der Waals surface area contributed by atoms with Crippen LogP contribution >= 0.6 is 0 Å². The number of carbonyl (C=O) groups is 1. The molecule has 0 unspecified atom stereocenters. The topological polar surface area (TPSA) is 69.7 Å². The first-order valence-corrected chi connectivity index (χ1v) is 13.5. The van der Waals surface area contributed by atoms with Gasteiger partial charge in [0.15, 0.2) is 0 Å². The Morgan fingerprint density at radius 3 is 2.64 bits per heavy atom. The summed E-state index contributed by atoms with van der Waals surface area (Å²) in [4.78, 5) is 17.1. The molecule has 0 bridgehead atoms. The van der Waals surface area contributed by atoms with Crippen LogP contribution in [0.3, 0.4) is 0 Å². The number of hydrogen-bond donors (Lipinski definition) is 1. The van der Waals surface area contributed by atoms with Crippen molar-refractivity contribution in [3.63, 3.8) is 0 Å². The van der Waals surface area contributed by atoms with Crippen molar-refractivity contribution >= 4 is 21.6 Å². The minimum atomic E-state index is -3.67. The first-order chi connectivity index (χ1) is 15.7. The van der Waals surface area contributed by atoms with Gasteiger partial charge in [-0.15, -0.1) is 0 Å². The van der Waals surface area contributed by atoms with E-state index in [1.807, 2.05) is 35.2 Å². The van der Waals surface area contributed by atoms with Crippen LogP contribution < -0.4 is 9.62 Å². The third-order valence-corrected chi connectivity index (χ3v) is 8.86. The van der Waals surface area contributed by atoms with Crippen LogP contribution in [-0.2, 0) is 26.7 Å². The number of likely N-dealkylation sites (tertiary alicyclic amines) is 1. The Bertz CT molecular complexity index is 1170. The molecular weight excluding hydrogens is 434 g/mol. The van der Waals surface area contributed by atoms with Gasteiger partial charge in [-0.3, -0.25) is 4.79 Å². The van der Waals surface area contributed by atoms with Gasteiger partial charge in [-0.05, 0) is 67.0 Å². The van der Waals surface area contributed by atoms with Gasteiger partial charge in [-0.2, -0.15) is 0 Å². The molecule has 2 aromatic rings. The largest absolute Gasteiger partial charge is 0.361 e. The van der Waals surface area contributed by atoms with Gasteiger partial charge in [0.05, 0.1) is 11.4 Å². The molecule has 2 aromatic carbocycles. The minimum Gasteiger partial charge on any atom is -0.361 e. The summed E-state index contributed by atoms with van der Waals surface area (Å²) in [7, 11) is -3.67. The van der Waals surface area contributed by atoms with Crippen molar-refractivity contribution < 1.29 is 13.2 Å². The number of rotatable bonds is 5. The molecule has 0 saturated carbocycles. The molecular formula is C26H33N3O3S. The van der Waals surface area contributed by atoms with Gasteiger partial charge in [0, 0.05) is 36.8 Å². The van der Waals surface area contributed by atoms with E-state index >= 15 is 0 Å². The zero-order chi connectivity index (χ0) is 23.2. The zero-order valence-electron chi connectivity index (χ0n) is 19.5. The highest BCUT2D eigenvalue weighted by Gasteiger charge is 2.38. The molecule has 1 aliphatic carbocycles. The number of benzene rings is 2. The van der Waals surface area contributed by atoms with Gasteiger partial charge < -0.3 is 9.80 Å². The van der Waals surface area contributed by atoms with E-state index in [0.29, 0.717) is 18.0 Å². The fraction of sp³-hybridized carbons (Fsp3) is 0.500. The molecule has 1 atom stereocenters. The van der Waals surface area contributed by atoms with E-state index in [9.17, 15) is 13.2 Å². The maximum atomic E-state index is 13.4. The second-order valence-electron chi connectivity index (χ2n) is 10.3. The highest BCUT2D eigenvalue weighted by Crippen LogP contribution is 2.42. The van der Waals surface area contributed by atoms with Gasteiger partial charge in [-0.25, -0.2) is 13.1 Å². The molecule has 33 heavy (non-hydrogen) atoms. The quantitative estimate of drug-likeness (QED) is 0.727. The summed E-state index contributed by atoms with van der Waals surface area (Å²) in [6.07, 6.45) is 4.93. The summed E-state index contributed by atoms with van der Waals surface area (Å²) in [5.74, 6) is 0.158. The highest BCUT2D eigenvalue weighted by molar-refractivity contribution is 7.89. The van der Waals surface area contributed by atoms with Gasteiger partial charge in [-0.1, -0.05) is 38.1 Å². The Labute approximate surface area is 197 Å². The predicted molar refractivity (Wildman–Crippen MR) is 130 cm³/mol. The highest BCUT2D eigenvalue weighted by atomic mass is 32.2. The molecule has 3 aliphatic rings. The monoisotopic (exact) mass is 467 g/mol. The molecule has 1 N–H and O–H groups in total. The molecule has 1 fully saturated rings. The van der Waals surface area contributed by atoms with Crippen LogP contribution in [0, 0.1) is 0 Å². The molecule has 0 spiro atoms. The summed E-state index contributed by atoms with van der Waals surface area (Å²) in [6.45, 7) is 6.97. The molecule has 176 valence electrons. The third kappa shape index (κ3) is 4.28. The van der Waals surface area contributed by atoms with Crippen LogP contribution in [0.4, 0.5) is 5.69 Å². The van der Waals surface area contributed by atoms with Crippen molar-refractivity contribution in [2.24, 2.45) is 0 Å². The number of anilines is 1. The van der Waals surface area contributed by atoms with Crippen molar-refractivity contribution in [3.05, 3.63) is 59.2 Å². The lowest BCUT2D eigenvalue weighted by atomic mass is 9.87. The number of nitrogens with zero attached hydrogens (tertiary/aromatic N) is 2. The molecule has 6 nitrogen and oxygen atoms in total.